The monoisotopic (exact) mass is 301 g/mol. The summed E-state index contributed by atoms with van der Waals surface area (Å²) >= 11 is 0. The number of carbonyl (C=O) groups is 2. The number of carbonyl (C=O) groups excluding carboxylic acids is 1. The minimum atomic E-state index is -0.798. The second-order valence-electron chi connectivity index (χ2n) is 5.91. The number of fused-ring (bicyclic) bond motifs is 1. The number of imidazole rings is 1. The van der Waals surface area contributed by atoms with E-state index in [-0.39, 0.29) is 18.2 Å². The molecule has 0 spiro atoms. The summed E-state index contributed by atoms with van der Waals surface area (Å²) in [6.07, 6.45) is 1.85. The van der Waals surface area contributed by atoms with Gasteiger partial charge in [0.05, 0.1) is 11.0 Å². The summed E-state index contributed by atoms with van der Waals surface area (Å²) in [5.41, 5.74) is 2.31. The van der Waals surface area contributed by atoms with Crippen LogP contribution >= 0.6 is 0 Å². The number of aromatic nitrogens is 2. The Balaban J connectivity index is 1.77. The Morgan fingerprint density at radius 3 is 3.05 bits per heavy atom. The molecule has 1 atom stereocenters. The maximum Gasteiger partial charge on any atom is 0.303 e. The van der Waals surface area contributed by atoms with E-state index in [2.05, 4.69) is 9.97 Å². The van der Waals surface area contributed by atoms with Gasteiger partial charge in [0.15, 0.2) is 0 Å². The van der Waals surface area contributed by atoms with Gasteiger partial charge in [0.25, 0.3) is 5.91 Å². The van der Waals surface area contributed by atoms with Gasteiger partial charge in [0, 0.05) is 25.1 Å². The highest BCUT2D eigenvalue weighted by molar-refractivity contribution is 5.97. The minimum absolute atomic E-state index is 0.0377. The third-order valence-corrected chi connectivity index (χ3v) is 4.12. The standard InChI is InChI=1S/C16H19N3O3/c1-10-17-13-5-4-12(8-14(13)18-10)16(22)19-6-2-3-11(9-19)7-15(20)21/h4-5,8,11H,2-3,6-7,9H2,1H3,(H,17,18)(H,20,21)/t11-/m0/s1. The number of H-pyrrole nitrogens is 1. The number of aliphatic carboxylic acids is 1. The van der Waals surface area contributed by atoms with Crippen LogP contribution in [-0.2, 0) is 4.79 Å². The van der Waals surface area contributed by atoms with Crippen LogP contribution in [0.1, 0.15) is 35.4 Å². The number of nitrogens with one attached hydrogen (secondary N) is 1. The highest BCUT2D eigenvalue weighted by Crippen LogP contribution is 2.22. The van der Waals surface area contributed by atoms with Crippen LogP contribution in [0.15, 0.2) is 18.2 Å². The second kappa shape index (κ2) is 5.79. The predicted octanol–water partition coefficient (Wildman–Crippen LogP) is 2.20. The smallest absolute Gasteiger partial charge is 0.303 e. The first-order valence-electron chi connectivity index (χ1n) is 7.50. The molecule has 22 heavy (non-hydrogen) atoms. The van der Waals surface area contributed by atoms with Gasteiger partial charge in [0.2, 0.25) is 0 Å². The van der Waals surface area contributed by atoms with Crippen molar-refractivity contribution in [2.24, 2.45) is 5.92 Å². The lowest BCUT2D eigenvalue weighted by Gasteiger charge is -2.32. The average Bonchev–Trinajstić information content (AvgIpc) is 2.85. The molecule has 0 unspecified atom stereocenters. The number of likely N-dealkylation sites (tertiary alicyclic amines) is 1. The summed E-state index contributed by atoms with van der Waals surface area (Å²) in [7, 11) is 0. The molecule has 6 nitrogen and oxygen atoms in total. The highest BCUT2D eigenvalue weighted by Gasteiger charge is 2.26. The molecule has 2 N–H and O–H groups in total. The molecule has 0 radical (unpaired) electrons. The normalized spacial score (nSPS) is 18.6. The number of benzene rings is 1. The second-order valence-corrected chi connectivity index (χ2v) is 5.91. The Bertz CT molecular complexity index is 722. The van der Waals surface area contributed by atoms with Crippen molar-refractivity contribution in [3.8, 4) is 0 Å². The number of aryl methyl sites for hydroxylation is 1. The van der Waals surface area contributed by atoms with E-state index in [0.717, 1.165) is 29.7 Å². The van der Waals surface area contributed by atoms with Crippen LogP contribution in [-0.4, -0.2) is 44.9 Å². The number of amides is 1. The van der Waals surface area contributed by atoms with E-state index in [4.69, 9.17) is 5.11 Å². The van der Waals surface area contributed by atoms with Crippen molar-refractivity contribution in [2.45, 2.75) is 26.2 Å². The molecule has 0 saturated carbocycles. The molecular weight excluding hydrogens is 282 g/mol. The summed E-state index contributed by atoms with van der Waals surface area (Å²) in [5, 5.41) is 8.91. The summed E-state index contributed by atoms with van der Waals surface area (Å²) < 4.78 is 0. The molecule has 1 aliphatic rings. The summed E-state index contributed by atoms with van der Waals surface area (Å²) in [4.78, 5) is 32.7. The third-order valence-electron chi connectivity index (χ3n) is 4.12. The number of carboxylic acids is 1. The molecule has 6 heteroatoms. The molecule has 1 saturated heterocycles. The van der Waals surface area contributed by atoms with Crippen molar-refractivity contribution >= 4 is 22.9 Å². The molecule has 0 aliphatic carbocycles. The molecule has 3 rings (SSSR count). The van der Waals surface area contributed by atoms with Crippen LogP contribution in [0, 0.1) is 12.8 Å². The lowest BCUT2D eigenvalue weighted by atomic mass is 9.94. The molecule has 1 fully saturated rings. The fourth-order valence-corrected chi connectivity index (χ4v) is 3.12. The zero-order valence-corrected chi connectivity index (χ0v) is 12.5. The maximum absolute atomic E-state index is 12.6. The number of rotatable bonds is 3. The first kappa shape index (κ1) is 14.6. The topological polar surface area (TPSA) is 86.3 Å². The van der Waals surface area contributed by atoms with Crippen molar-refractivity contribution in [3.05, 3.63) is 29.6 Å². The molecule has 116 valence electrons. The van der Waals surface area contributed by atoms with E-state index >= 15 is 0 Å². The zero-order valence-electron chi connectivity index (χ0n) is 12.5. The van der Waals surface area contributed by atoms with Crippen LogP contribution in [0.25, 0.3) is 11.0 Å². The molecule has 1 aromatic heterocycles. The number of piperidine rings is 1. The van der Waals surface area contributed by atoms with Crippen LogP contribution in [0.5, 0.6) is 0 Å². The lowest BCUT2D eigenvalue weighted by Crippen LogP contribution is -2.40. The molecule has 1 aromatic carbocycles. The van der Waals surface area contributed by atoms with Gasteiger partial charge < -0.3 is 15.0 Å². The first-order valence-corrected chi connectivity index (χ1v) is 7.50. The molecular formula is C16H19N3O3. The lowest BCUT2D eigenvalue weighted by molar-refractivity contribution is -0.138. The van der Waals surface area contributed by atoms with Crippen LogP contribution < -0.4 is 0 Å². The van der Waals surface area contributed by atoms with E-state index < -0.39 is 5.97 Å². The van der Waals surface area contributed by atoms with Crippen molar-refractivity contribution in [1.82, 2.24) is 14.9 Å². The summed E-state index contributed by atoms with van der Waals surface area (Å²) in [5.74, 6) is 0.0327. The maximum atomic E-state index is 12.6. The molecule has 2 heterocycles. The number of hydrogen-bond acceptors (Lipinski definition) is 3. The Kier molecular flexibility index (Phi) is 3.83. The van der Waals surface area contributed by atoms with Gasteiger partial charge in [-0.2, -0.15) is 0 Å². The SMILES string of the molecule is Cc1nc2ccc(C(=O)N3CCC[C@@H](CC(=O)O)C3)cc2[nH]1. The number of aromatic amines is 1. The van der Waals surface area contributed by atoms with Gasteiger partial charge >= 0.3 is 5.97 Å². The van der Waals surface area contributed by atoms with Crippen molar-refractivity contribution in [3.63, 3.8) is 0 Å². The fourth-order valence-electron chi connectivity index (χ4n) is 3.12. The van der Waals surface area contributed by atoms with Crippen LogP contribution in [0.3, 0.4) is 0 Å². The van der Waals surface area contributed by atoms with Gasteiger partial charge in [-0.3, -0.25) is 9.59 Å². The quantitative estimate of drug-likeness (QED) is 0.910. The van der Waals surface area contributed by atoms with Gasteiger partial charge in [-0.25, -0.2) is 4.98 Å². The zero-order chi connectivity index (χ0) is 15.7. The minimum Gasteiger partial charge on any atom is -0.481 e. The number of hydrogen-bond donors (Lipinski definition) is 2. The molecule has 1 amide bonds. The highest BCUT2D eigenvalue weighted by atomic mass is 16.4. The Morgan fingerprint density at radius 2 is 2.27 bits per heavy atom. The third kappa shape index (κ3) is 2.95. The molecule has 0 bridgehead atoms. The van der Waals surface area contributed by atoms with Gasteiger partial charge in [-0.1, -0.05) is 0 Å². The van der Waals surface area contributed by atoms with Crippen molar-refractivity contribution < 1.29 is 14.7 Å². The van der Waals surface area contributed by atoms with E-state index in [0.29, 0.717) is 18.7 Å². The predicted molar refractivity (Wildman–Crippen MR) is 81.7 cm³/mol. The molecule has 2 aromatic rings. The van der Waals surface area contributed by atoms with Crippen LogP contribution in [0.2, 0.25) is 0 Å². The molecule has 1 aliphatic heterocycles. The first-order chi connectivity index (χ1) is 10.5. The van der Waals surface area contributed by atoms with Gasteiger partial charge in [0.1, 0.15) is 5.82 Å². The summed E-state index contributed by atoms with van der Waals surface area (Å²) in [6.45, 7) is 3.09. The van der Waals surface area contributed by atoms with Gasteiger partial charge in [-0.15, -0.1) is 0 Å². The van der Waals surface area contributed by atoms with E-state index in [1.165, 1.54) is 0 Å². The largest absolute Gasteiger partial charge is 0.481 e. The van der Waals surface area contributed by atoms with E-state index in [1.807, 2.05) is 19.1 Å². The summed E-state index contributed by atoms with van der Waals surface area (Å²) in [6, 6.07) is 5.44. The Morgan fingerprint density at radius 1 is 1.45 bits per heavy atom. The van der Waals surface area contributed by atoms with Gasteiger partial charge in [-0.05, 0) is 43.9 Å². The Labute approximate surface area is 128 Å². The van der Waals surface area contributed by atoms with E-state index in [9.17, 15) is 9.59 Å². The Hall–Kier alpha value is -2.37. The average molecular weight is 301 g/mol. The number of nitrogens with zero attached hydrogens (tertiary/aromatic N) is 2. The van der Waals surface area contributed by atoms with Crippen molar-refractivity contribution in [1.29, 1.82) is 0 Å². The number of carboxylic acid groups (broad SMARTS) is 1. The van der Waals surface area contributed by atoms with E-state index in [1.54, 1.807) is 11.0 Å². The fraction of sp³-hybridized carbons (Fsp3) is 0.438. The van der Waals surface area contributed by atoms with Crippen molar-refractivity contribution in [2.75, 3.05) is 13.1 Å². The van der Waals surface area contributed by atoms with Crippen LogP contribution in [0.4, 0.5) is 0 Å².